The van der Waals surface area contributed by atoms with E-state index in [1.165, 1.54) is 30.9 Å². The molecule has 1 amide bonds. The van der Waals surface area contributed by atoms with Gasteiger partial charge in [0, 0.05) is 23.1 Å². The van der Waals surface area contributed by atoms with Gasteiger partial charge in [-0.25, -0.2) is 18.4 Å². The SMILES string of the molecule is O=C(Nc1ccc(S(=O)(=O)Cl)cc1Cl)c1cncnc1. The van der Waals surface area contributed by atoms with Crippen LogP contribution in [0.2, 0.25) is 5.02 Å². The minimum Gasteiger partial charge on any atom is -0.321 e. The van der Waals surface area contributed by atoms with Crippen LogP contribution in [0.5, 0.6) is 0 Å². The van der Waals surface area contributed by atoms with Gasteiger partial charge in [0.15, 0.2) is 0 Å². The molecule has 0 aliphatic heterocycles. The fourth-order valence-electron chi connectivity index (χ4n) is 1.36. The van der Waals surface area contributed by atoms with Gasteiger partial charge in [0.1, 0.15) is 6.33 Å². The lowest BCUT2D eigenvalue weighted by Crippen LogP contribution is -2.12. The molecule has 6 nitrogen and oxygen atoms in total. The Morgan fingerprint density at radius 1 is 1.20 bits per heavy atom. The van der Waals surface area contributed by atoms with Gasteiger partial charge in [-0.1, -0.05) is 11.6 Å². The number of amides is 1. The number of nitrogens with zero attached hydrogens (tertiary/aromatic N) is 2. The zero-order valence-electron chi connectivity index (χ0n) is 9.75. The average molecular weight is 332 g/mol. The largest absolute Gasteiger partial charge is 0.321 e. The first-order valence-corrected chi connectivity index (χ1v) is 7.87. The third-order valence-corrected chi connectivity index (χ3v) is 3.96. The summed E-state index contributed by atoms with van der Waals surface area (Å²) in [6, 6.07) is 3.74. The highest BCUT2D eigenvalue weighted by atomic mass is 35.7. The fourth-order valence-corrected chi connectivity index (χ4v) is 2.43. The van der Waals surface area contributed by atoms with Gasteiger partial charge >= 0.3 is 0 Å². The second-order valence-corrected chi connectivity index (χ2v) is 6.63. The van der Waals surface area contributed by atoms with Crippen molar-refractivity contribution >= 4 is 42.9 Å². The van der Waals surface area contributed by atoms with Gasteiger partial charge in [0.05, 0.1) is 21.2 Å². The standard InChI is InChI=1S/C11H7Cl2N3O3S/c12-9-3-8(20(13,18)19)1-2-10(9)16-11(17)7-4-14-6-15-5-7/h1-6H,(H,16,17). The monoisotopic (exact) mass is 331 g/mol. The van der Waals surface area contributed by atoms with E-state index in [2.05, 4.69) is 15.3 Å². The summed E-state index contributed by atoms with van der Waals surface area (Å²) < 4.78 is 22.3. The number of carbonyl (C=O) groups is 1. The maximum atomic E-state index is 11.9. The molecular formula is C11H7Cl2N3O3S. The molecule has 9 heteroatoms. The molecule has 0 atom stereocenters. The van der Waals surface area contributed by atoms with E-state index in [9.17, 15) is 13.2 Å². The average Bonchev–Trinajstić information content (AvgIpc) is 2.41. The molecule has 1 aromatic carbocycles. The smallest absolute Gasteiger partial charge is 0.261 e. The molecule has 2 rings (SSSR count). The molecule has 1 aromatic heterocycles. The predicted octanol–water partition coefficient (Wildman–Crippen LogP) is 2.31. The van der Waals surface area contributed by atoms with Gasteiger partial charge in [-0.05, 0) is 18.2 Å². The number of carbonyl (C=O) groups excluding carboxylic acids is 1. The summed E-state index contributed by atoms with van der Waals surface area (Å²) in [7, 11) is 1.33. The molecule has 104 valence electrons. The Balaban J connectivity index is 2.25. The first kappa shape index (κ1) is 14.7. The van der Waals surface area contributed by atoms with Gasteiger partial charge in [-0.3, -0.25) is 4.79 Å². The first-order chi connectivity index (χ1) is 9.38. The summed E-state index contributed by atoms with van der Waals surface area (Å²) in [4.78, 5) is 19.1. The van der Waals surface area contributed by atoms with Gasteiger partial charge in [-0.2, -0.15) is 0 Å². The lowest BCUT2D eigenvalue weighted by molar-refractivity contribution is 0.102. The summed E-state index contributed by atoms with van der Waals surface area (Å²) in [6.45, 7) is 0. The summed E-state index contributed by atoms with van der Waals surface area (Å²) in [5.74, 6) is -0.464. The minimum atomic E-state index is -3.87. The lowest BCUT2D eigenvalue weighted by atomic mass is 10.3. The summed E-state index contributed by atoms with van der Waals surface area (Å²) in [5, 5.41) is 2.57. The molecular weight excluding hydrogens is 325 g/mol. The highest BCUT2D eigenvalue weighted by Gasteiger charge is 2.14. The Kier molecular flexibility index (Phi) is 4.22. The van der Waals surface area contributed by atoms with E-state index in [0.29, 0.717) is 0 Å². The van der Waals surface area contributed by atoms with Crippen LogP contribution in [0.15, 0.2) is 41.8 Å². The Morgan fingerprint density at radius 3 is 2.40 bits per heavy atom. The molecule has 0 aliphatic carbocycles. The van der Waals surface area contributed by atoms with Crippen molar-refractivity contribution in [1.82, 2.24) is 9.97 Å². The highest BCUT2D eigenvalue weighted by molar-refractivity contribution is 8.13. The first-order valence-electron chi connectivity index (χ1n) is 5.18. The molecule has 0 fully saturated rings. The summed E-state index contributed by atoms with van der Waals surface area (Å²) in [6.07, 6.45) is 3.98. The second-order valence-electron chi connectivity index (χ2n) is 3.66. The molecule has 0 radical (unpaired) electrons. The number of halogens is 2. The van der Waals surface area contributed by atoms with Crippen molar-refractivity contribution in [3.05, 3.63) is 47.5 Å². The topological polar surface area (TPSA) is 89.0 Å². The number of hydrogen-bond acceptors (Lipinski definition) is 5. The molecule has 0 aliphatic rings. The van der Waals surface area contributed by atoms with Crippen molar-refractivity contribution in [3.63, 3.8) is 0 Å². The minimum absolute atomic E-state index is 0.0527. The van der Waals surface area contributed by atoms with E-state index in [4.69, 9.17) is 22.3 Å². The van der Waals surface area contributed by atoms with E-state index >= 15 is 0 Å². The highest BCUT2D eigenvalue weighted by Crippen LogP contribution is 2.27. The van der Waals surface area contributed by atoms with Crippen molar-refractivity contribution in [2.75, 3.05) is 5.32 Å². The molecule has 0 spiro atoms. The van der Waals surface area contributed by atoms with Gasteiger partial charge in [0.2, 0.25) is 0 Å². The summed E-state index contributed by atoms with van der Waals surface area (Å²) in [5.41, 5.74) is 0.502. The Morgan fingerprint density at radius 2 is 1.85 bits per heavy atom. The maximum Gasteiger partial charge on any atom is 0.261 e. The van der Waals surface area contributed by atoms with Crippen LogP contribution in [0.4, 0.5) is 5.69 Å². The van der Waals surface area contributed by atoms with Gasteiger partial charge in [0.25, 0.3) is 15.0 Å². The van der Waals surface area contributed by atoms with Crippen molar-refractivity contribution < 1.29 is 13.2 Å². The Labute approximate surface area is 124 Å². The number of hydrogen-bond donors (Lipinski definition) is 1. The van der Waals surface area contributed by atoms with Crippen LogP contribution in [-0.2, 0) is 9.05 Å². The van der Waals surface area contributed by atoms with E-state index in [-0.39, 0.29) is 21.2 Å². The Bertz CT molecular complexity index is 751. The maximum absolute atomic E-state index is 11.9. The molecule has 1 N–H and O–H groups in total. The van der Waals surface area contributed by atoms with Crippen LogP contribution >= 0.6 is 22.3 Å². The number of anilines is 1. The third-order valence-electron chi connectivity index (χ3n) is 2.29. The number of rotatable bonds is 3. The van der Waals surface area contributed by atoms with E-state index in [1.807, 2.05) is 0 Å². The van der Waals surface area contributed by atoms with Gasteiger partial charge in [-0.15, -0.1) is 0 Å². The molecule has 1 heterocycles. The summed E-state index contributed by atoms with van der Waals surface area (Å²) >= 11 is 5.90. The zero-order valence-corrected chi connectivity index (χ0v) is 12.1. The van der Waals surface area contributed by atoms with Crippen LogP contribution in [0, 0.1) is 0 Å². The normalized spacial score (nSPS) is 11.1. The van der Waals surface area contributed by atoms with Crippen LogP contribution < -0.4 is 5.32 Å². The lowest BCUT2D eigenvalue weighted by Gasteiger charge is -2.07. The third kappa shape index (κ3) is 3.44. The second kappa shape index (κ2) is 5.74. The molecule has 0 bridgehead atoms. The number of benzene rings is 1. The van der Waals surface area contributed by atoms with Crippen LogP contribution in [-0.4, -0.2) is 24.3 Å². The van der Waals surface area contributed by atoms with Crippen molar-refractivity contribution in [2.45, 2.75) is 4.90 Å². The van der Waals surface area contributed by atoms with Crippen LogP contribution in [0.3, 0.4) is 0 Å². The quantitative estimate of drug-likeness (QED) is 0.871. The van der Waals surface area contributed by atoms with E-state index in [0.717, 1.165) is 6.07 Å². The van der Waals surface area contributed by atoms with Crippen molar-refractivity contribution in [1.29, 1.82) is 0 Å². The molecule has 0 saturated heterocycles. The number of aromatic nitrogens is 2. The van der Waals surface area contributed by atoms with Crippen LogP contribution in [0.25, 0.3) is 0 Å². The van der Waals surface area contributed by atoms with Crippen molar-refractivity contribution in [2.24, 2.45) is 0 Å². The predicted molar refractivity (Wildman–Crippen MR) is 74.5 cm³/mol. The van der Waals surface area contributed by atoms with E-state index < -0.39 is 15.0 Å². The molecule has 0 unspecified atom stereocenters. The fraction of sp³-hybridized carbons (Fsp3) is 0. The van der Waals surface area contributed by atoms with Crippen LogP contribution in [0.1, 0.15) is 10.4 Å². The molecule has 20 heavy (non-hydrogen) atoms. The Hall–Kier alpha value is -1.70. The van der Waals surface area contributed by atoms with Gasteiger partial charge < -0.3 is 5.32 Å². The molecule has 2 aromatic rings. The zero-order chi connectivity index (χ0) is 14.8. The van der Waals surface area contributed by atoms with Crippen molar-refractivity contribution in [3.8, 4) is 0 Å². The number of nitrogens with one attached hydrogen (secondary N) is 1. The van der Waals surface area contributed by atoms with E-state index in [1.54, 1.807) is 0 Å². The molecule has 0 saturated carbocycles.